The molecule has 1 unspecified atom stereocenters. The number of fused-ring (bicyclic) bond motifs is 1. The summed E-state index contributed by atoms with van der Waals surface area (Å²) in [7, 11) is 1.41. The van der Waals surface area contributed by atoms with E-state index in [1.54, 1.807) is 6.07 Å². The van der Waals surface area contributed by atoms with Gasteiger partial charge in [0.15, 0.2) is 5.75 Å². The number of rotatable bonds is 4. The lowest BCUT2D eigenvalue weighted by Crippen LogP contribution is -2.20. The minimum absolute atomic E-state index is 0.122. The minimum Gasteiger partial charge on any atom is -0.494 e. The maximum Gasteiger partial charge on any atom is 0.261 e. The van der Waals surface area contributed by atoms with Crippen molar-refractivity contribution < 1.29 is 14.3 Å². The Balaban J connectivity index is 2.01. The molecule has 5 nitrogen and oxygen atoms in total. The zero-order valence-corrected chi connectivity index (χ0v) is 16.6. The second-order valence-corrected chi connectivity index (χ2v) is 8.23. The van der Waals surface area contributed by atoms with Crippen molar-refractivity contribution in [1.29, 1.82) is 0 Å². The van der Waals surface area contributed by atoms with Gasteiger partial charge in [-0.25, -0.2) is 0 Å². The van der Waals surface area contributed by atoms with Crippen molar-refractivity contribution in [2.75, 3.05) is 12.4 Å². The van der Waals surface area contributed by atoms with Gasteiger partial charge in [-0.3, -0.25) is 9.59 Å². The summed E-state index contributed by atoms with van der Waals surface area (Å²) in [5.41, 5.74) is 7.04. The van der Waals surface area contributed by atoms with E-state index in [4.69, 9.17) is 33.7 Å². The van der Waals surface area contributed by atoms with Gasteiger partial charge in [0.05, 0.1) is 22.7 Å². The molecule has 0 fully saturated rings. The third-order valence-corrected chi connectivity index (χ3v) is 6.26. The van der Waals surface area contributed by atoms with E-state index in [0.29, 0.717) is 16.5 Å². The number of anilines is 1. The molecule has 0 bridgehead atoms. The summed E-state index contributed by atoms with van der Waals surface area (Å²) in [6.07, 6.45) is 2.64. The number of halogens is 2. The predicted octanol–water partition coefficient (Wildman–Crippen LogP) is 4.54. The van der Waals surface area contributed by atoms with Crippen LogP contribution in [0.4, 0.5) is 5.00 Å². The van der Waals surface area contributed by atoms with E-state index in [0.717, 1.165) is 29.7 Å². The summed E-state index contributed by atoms with van der Waals surface area (Å²) < 4.78 is 5.22. The molecular formula is C18H18Cl2N2O3S. The van der Waals surface area contributed by atoms with Gasteiger partial charge >= 0.3 is 0 Å². The number of nitrogens with two attached hydrogens (primary N) is 1. The van der Waals surface area contributed by atoms with Gasteiger partial charge in [-0.15, -0.1) is 11.3 Å². The topological polar surface area (TPSA) is 81.4 Å². The molecule has 1 aliphatic rings. The summed E-state index contributed by atoms with van der Waals surface area (Å²) in [5, 5.41) is 3.71. The number of primary amides is 1. The first-order valence-electron chi connectivity index (χ1n) is 8.11. The van der Waals surface area contributed by atoms with E-state index in [1.807, 2.05) is 0 Å². The molecule has 8 heteroatoms. The second-order valence-electron chi connectivity index (χ2n) is 6.31. The highest BCUT2D eigenvalue weighted by Crippen LogP contribution is 2.40. The van der Waals surface area contributed by atoms with Gasteiger partial charge in [0.25, 0.3) is 11.8 Å². The van der Waals surface area contributed by atoms with Crippen LogP contribution in [0.25, 0.3) is 0 Å². The van der Waals surface area contributed by atoms with Gasteiger partial charge in [-0.2, -0.15) is 0 Å². The number of benzene rings is 1. The molecule has 2 amide bonds. The number of nitrogens with one attached hydrogen (secondary N) is 1. The number of amides is 2. The summed E-state index contributed by atoms with van der Waals surface area (Å²) in [6.45, 7) is 2.17. The van der Waals surface area contributed by atoms with Crippen molar-refractivity contribution in [1.82, 2.24) is 0 Å². The first-order valence-corrected chi connectivity index (χ1v) is 9.68. The number of hydrogen-bond acceptors (Lipinski definition) is 4. The summed E-state index contributed by atoms with van der Waals surface area (Å²) >= 11 is 13.7. The Morgan fingerprint density at radius 1 is 1.27 bits per heavy atom. The molecule has 0 saturated heterocycles. The molecule has 3 N–H and O–H groups in total. The number of carbonyl (C=O) groups is 2. The van der Waals surface area contributed by atoms with E-state index in [1.165, 1.54) is 24.5 Å². The minimum atomic E-state index is -0.545. The first-order chi connectivity index (χ1) is 12.3. The van der Waals surface area contributed by atoms with Crippen molar-refractivity contribution in [3.05, 3.63) is 43.7 Å². The van der Waals surface area contributed by atoms with Crippen LogP contribution >= 0.6 is 34.5 Å². The fourth-order valence-corrected chi connectivity index (χ4v) is 5.09. The van der Waals surface area contributed by atoms with Crippen molar-refractivity contribution in [2.24, 2.45) is 11.7 Å². The molecular weight excluding hydrogens is 395 g/mol. The van der Waals surface area contributed by atoms with Crippen LogP contribution in [0.2, 0.25) is 10.0 Å². The van der Waals surface area contributed by atoms with Gasteiger partial charge in [0, 0.05) is 4.88 Å². The maximum atomic E-state index is 12.8. The van der Waals surface area contributed by atoms with Crippen molar-refractivity contribution >= 4 is 51.4 Å². The largest absolute Gasteiger partial charge is 0.494 e. The fourth-order valence-electron chi connectivity index (χ4n) is 3.21. The summed E-state index contributed by atoms with van der Waals surface area (Å²) in [6, 6.07) is 3.08. The lowest BCUT2D eigenvalue weighted by Gasteiger charge is -2.18. The molecule has 138 valence electrons. The number of ether oxygens (including phenoxy) is 1. The van der Waals surface area contributed by atoms with Crippen LogP contribution in [0, 0.1) is 5.92 Å². The molecule has 3 rings (SSSR count). The zero-order chi connectivity index (χ0) is 19.0. The van der Waals surface area contributed by atoms with Crippen LogP contribution < -0.4 is 15.8 Å². The quantitative estimate of drug-likeness (QED) is 0.772. The number of hydrogen-bond donors (Lipinski definition) is 2. The van der Waals surface area contributed by atoms with Gasteiger partial charge in [0.2, 0.25) is 0 Å². The maximum absolute atomic E-state index is 12.8. The molecule has 1 aliphatic carbocycles. The average molecular weight is 413 g/mol. The molecule has 1 aromatic heterocycles. The molecule has 1 heterocycles. The molecule has 0 radical (unpaired) electrons. The Hall–Kier alpha value is -1.76. The van der Waals surface area contributed by atoms with Crippen LogP contribution in [0.3, 0.4) is 0 Å². The van der Waals surface area contributed by atoms with E-state index in [2.05, 4.69) is 12.2 Å². The first kappa shape index (κ1) is 19.0. The normalized spacial score (nSPS) is 16.1. The Kier molecular flexibility index (Phi) is 5.46. The van der Waals surface area contributed by atoms with Gasteiger partial charge in [0.1, 0.15) is 10.6 Å². The standard InChI is InChI=1S/C18H18Cl2N2O3S/c1-8-3-4-9-12(7-8)26-18(13(9)16(21)23)22-17(24)14-10(19)5-6-11(20)15(14)25-2/h5-6,8H,3-4,7H2,1-2H3,(H2,21,23)(H,22,24). The predicted molar refractivity (Wildman–Crippen MR) is 105 cm³/mol. The SMILES string of the molecule is COc1c(Cl)ccc(Cl)c1C(=O)Nc1sc2c(c1C(N)=O)CCC(C)C2. The average Bonchev–Trinajstić information content (AvgIpc) is 2.93. The smallest absolute Gasteiger partial charge is 0.261 e. The highest BCUT2D eigenvalue weighted by molar-refractivity contribution is 7.17. The van der Waals surface area contributed by atoms with Gasteiger partial charge in [-0.1, -0.05) is 30.1 Å². The number of carbonyl (C=O) groups excluding carboxylic acids is 2. The Morgan fingerprint density at radius 2 is 1.96 bits per heavy atom. The number of methoxy groups -OCH3 is 1. The lowest BCUT2D eigenvalue weighted by molar-refractivity contribution is 0.1000. The zero-order valence-electron chi connectivity index (χ0n) is 14.3. The van der Waals surface area contributed by atoms with E-state index in [-0.39, 0.29) is 21.4 Å². The third kappa shape index (κ3) is 3.41. The monoisotopic (exact) mass is 412 g/mol. The number of thiophene rings is 1. The summed E-state index contributed by atoms with van der Waals surface area (Å²) in [5.74, 6) is -0.319. The van der Waals surface area contributed by atoms with E-state index in [9.17, 15) is 9.59 Å². The lowest BCUT2D eigenvalue weighted by atomic mass is 9.88. The van der Waals surface area contributed by atoms with Crippen molar-refractivity contribution in [3.63, 3.8) is 0 Å². The second kappa shape index (κ2) is 7.47. The molecule has 26 heavy (non-hydrogen) atoms. The molecule has 1 aromatic carbocycles. The van der Waals surface area contributed by atoms with Gasteiger partial charge in [-0.05, 0) is 42.9 Å². The molecule has 0 aliphatic heterocycles. The highest BCUT2D eigenvalue weighted by atomic mass is 35.5. The van der Waals surface area contributed by atoms with Gasteiger partial charge < -0.3 is 15.8 Å². The third-order valence-electron chi connectivity index (χ3n) is 4.48. The summed E-state index contributed by atoms with van der Waals surface area (Å²) in [4.78, 5) is 25.9. The Labute approximate surface area is 165 Å². The van der Waals surface area contributed by atoms with Crippen LogP contribution in [-0.2, 0) is 12.8 Å². The molecule has 1 atom stereocenters. The van der Waals surface area contributed by atoms with Crippen LogP contribution in [-0.4, -0.2) is 18.9 Å². The highest BCUT2D eigenvalue weighted by Gasteiger charge is 2.28. The van der Waals surface area contributed by atoms with E-state index < -0.39 is 11.8 Å². The molecule has 0 spiro atoms. The van der Waals surface area contributed by atoms with E-state index >= 15 is 0 Å². The van der Waals surface area contributed by atoms with Crippen molar-refractivity contribution in [2.45, 2.75) is 26.2 Å². The molecule has 0 saturated carbocycles. The van der Waals surface area contributed by atoms with Crippen LogP contribution in [0.1, 0.15) is 44.5 Å². The van der Waals surface area contributed by atoms with Crippen molar-refractivity contribution in [3.8, 4) is 5.75 Å². The van der Waals surface area contributed by atoms with Crippen LogP contribution in [0.15, 0.2) is 12.1 Å². The fraction of sp³-hybridized carbons (Fsp3) is 0.333. The molecule has 2 aromatic rings. The Bertz CT molecular complexity index is 895. The Morgan fingerprint density at radius 3 is 2.62 bits per heavy atom. The van der Waals surface area contributed by atoms with Crippen LogP contribution in [0.5, 0.6) is 5.75 Å².